The molecule has 0 saturated heterocycles. The Bertz CT molecular complexity index is 564. The van der Waals surface area contributed by atoms with Crippen LogP contribution in [0.5, 0.6) is 0 Å². The van der Waals surface area contributed by atoms with Crippen molar-refractivity contribution in [1.29, 1.82) is 0 Å². The maximum atomic E-state index is 11.6. The van der Waals surface area contributed by atoms with Gasteiger partial charge >= 0.3 is 6.09 Å². The third-order valence-electron chi connectivity index (χ3n) is 2.89. The molecule has 8 heteroatoms. The molecule has 1 heterocycles. The summed E-state index contributed by atoms with van der Waals surface area (Å²) in [6, 6.07) is 0. The van der Waals surface area contributed by atoms with Crippen LogP contribution in [0.2, 0.25) is 0 Å². The zero-order valence-electron chi connectivity index (χ0n) is 16.1. The normalized spacial score (nSPS) is 12.2. The predicted molar refractivity (Wildman–Crippen MR) is 103 cm³/mol. The molecule has 142 valence electrons. The maximum Gasteiger partial charge on any atom is 0.407 e. The van der Waals surface area contributed by atoms with E-state index in [1.54, 1.807) is 11.3 Å². The highest BCUT2D eigenvalue weighted by Gasteiger charge is 2.15. The van der Waals surface area contributed by atoms with Crippen LogP contribution in [0.25, 0.3) is 0 Å². The first kappa shape index (κ1) is 21.2. The number of aliphatic imine (C=N–C) groups is 1. The lowest BCUT2D eigenvalue weighted by atomic mass is 10.2. The molecule has 0 spiro atoms. The lowest BCUT2D eigenvalue weighted by Gasteiger charge is -2.19. The second-order valence-electron chi connectivity index (χ2n) is 6.88. The molecule has 0 radical (unpaired) electrons. The summed E-state index contributed by atoms with van der Waals surface area (Å²) in [5, 5.41) is 12.2. The van der Waals surface area contributed by atoms with Gasteiger partial charge in [-0.25, -0.2) is 14.8 Å². The first-order valence-electron chi connectivity index (χ1n) is 8.64. The average molecular weight is 370 g/mol. The zero-order chi connectivity index (χ0) is 18.9. The van der Waals surface area contributed by atoms with E-state index < -0.39 is 11.7 Å². The van der Waals surface area contributed by atoms with Gasteiger partial charge in [0, 0.05) is 30.9 Å². The Kier molecular flexibility index (Phi) is 8.68. The summed E-state index contributed by atoms with van der Waals surface area (Å²) in [5.41, 5.74) is 0.480. The third-order valence-corrected chi connectivity index (χ3v) is 4.09. The Labute approximate surface area is 154 Å². The monoisotopic (exact) mass is 369 g/mol. The van der Waals surface area contributed by atoms with Gasteiger partial charge in [0.1, 0.15) is 5.60 Å². The molecule has 0 aliphatic carbocycles. The van der Waals surface area contributed by atoms with Crippen LogP contribution in [0, 0.1) is 0 Å². The van der Waals surface area contributed by atoms with Gasteiger partial charge in [-0.05, 0) is 27.7 Å². The number of thiazole rings is 1. The minimum absolute atomic E-state index is 0.417. The molecule has 0 fully saturated rings. The number of aromatic nitrogens is 1. The Morgan fingerprint density at radius 1 is 1.28 bits per heavy atom. The highest BCUT2D eigenvalue weighted by molar-refractivity contribution is 7.09. The van der Waals surface area contributed by atoms with Gasteiger partial charge in [-0.3, -0.25) is 0 Å². The quantitative estimate of drug-likeness (QED) is 0.391. The van der Waals surface area contributed by atoms with Crippen molar-refractivity contribution in [3.8, 4) is 0 Å². The SMILES string of the molecule is CCNC(=NCc1csc(C(C)C)n1)NCCNC(=O)OC(C)(C)C. The van der Waals surface area contributed by atoms with Gasteiger partial charge in [0.2, 0.25) is 0 Å². The van der Waals surface area contributed by atoms with E-state index >= 15 is 0 Å². The Morgan fingerprint density at radius 2 is 1.96 bits per heavy atom. The summed E-state index contributed by atoms with van der Waals surface area (Å²) in [5.74, 6) is 1.14. The van der Waals surface area contributed by atoms with Crippen molar-refractivity contribution in [3.05, 3.63) is 16.1 Å². The van der Waals surface area contributed by atoms with E-state index in [1.807, 2.05) is 33.1 Å². The van der Waals surface area contributed by atoms with E-state index in [-0.39, 0.29) is 0 Å². The van der Waals surface area contributed by atoms with Gasteiger partial charge in [0.25, 0.3) is 0 Å². The number of hydrogen-bond donors (Lipinski definition) is 3. The lowest BCUT2D eigenvalue weighted by Crippen LogP contribution is -2.42. The highest BCUT2D eigenvalue weighted by atomic mass is 32.1. The molecule has 0 aromatic carbocycles. The predicted octanol–water partition coefficient (Wildman–Crippen LogP) is 2.85. The number of hydrogen-bond acceptors (Lipinski definition) is 5. The highest BCUT2D eigenvalue weighted by Crippen LogP contribution is 2.19. The summed E-state index contributed by atoms with van der Waals surface area (Å²) in [4.78, 5) is 20.7. The van der Waals surface area contributed by atoms with Crippen molar-refractivity contribution in [2.24, 2.45) is 4.99 Å². The van der Waals surface area contributed by atoms with E-state index in [4.69, 9.17) is 4.74 Å². The Hall–Kier alpha value is -1.83. The fourth-order valence-electron chi connectivity index (χ4n) is 1.82. The van der Waals surface area contributed by atoms with Crippen LogP contribution in [0.15, 0.2) is 10.4 Å². The Morgan fingerprint density at radius 3 is 2.52 bits per heavy atom. The minimum atomic E-state index is -0.490. The number of guanidine groups is 1. The molecule has 0 saturated carbocycles. The number of rotatable bonds is 7. The van der Waals surface area contributed by atoms with Crippen molar-refractivity contribution in [3.63, 3.8) is 0 Å². The molecule has 0 aliphatic rings. The summed E-state index contributed by atoms with van der Waals surface area (Å²) >= 11 is 1.67. The van der Waals surface area contributed by atoms with E-state index in [2.05, 4.69) is 39.8 Å². The standard InChI is InChI=1S/C17H31N5O2S/c1-7-18-15(19-8-9-20-16(23)24-17(4,5)6)21-10-13-11-25-14(22-13)12(2)3/h11-12H,7-10H2,1-6H3,(H,20,23)(H2,18,19,21). The van der Waals surface area contributed by atoms with Crippen molar-refractivity contribution in [2.75, 3.05) is 19.6 Å². The number of carbonyl (C=O) groups is 1. The molecule has 3 N–H and O–H groups in total. The molecular weight excluding hydrogens is 338 g/mol. The second-order valence-corrected chi connectivity index (χ2v) is 7.77. The van der Waals surface area contributed by atoms with Crippen molar-refractivity contribution < 1.29 is 9.53 Å². The first-order chi connectivity index (χ1) is 11.7. The number of ether oxygens (including phenoxy) is 1. The molecule has 0 aliphatic heterocycles. The Balaban J connectivity index is 2.41. The molecule has 0 unspecified atom stereocenters. The van der Waals surface area contributed by atoms with Gasteiger partial charge < -0.3 is 20.7 Å². The lowest BCUT2D eigenvalue weighted by molar-refractivity contribution is 0.0529. The van der Waals surface area contributed by atoms with E-state index in [9.17, 15) is 4.79 Å². The smallest absolute Gasteiger partial charge is 0.407 e. The van der Waals surface area contributed by atoms with Crippen molar-refractivity contribution in [1.82, 2.24) is 20.9 Å². The van der Waals surface area contributed by atoms with Crippen LogP contribution < -0.4 is 16.0 Å². The molecule has 0 bridgehead atoms. The number of carbonyl (C=O) groups excluding carboxylic acids is 1. The van der Waals surface area contributed by atoms with E-state index in [0.717, 1.165) is 17.2 Å². The number of amides is 1. The average Bonchev–Trinajstić information content (AvgIpc) is 2.96. The summed E-state index contributed by atoms with van der Waals surface area (Å²) in [7, 11) is 0. The van der Waals surface area contributed by atoms with Crippen LogP contribution in [-0.2, 0) is 11.3 Å². The topological polar surface area (TPSA) is 87.6 Å². The van der Waals surface area contributed by atoms with Crippen LogP contribution in [-0.4, -0.2) is 42.3 Å². The largest absolute Gasteiger partial charge is 0.444 e. The number of nitrogens with zero attached hydrogens (tertiary/aromatic N) is 2. The van der Waals surface area contributed by atoms with Crippen LogP contribution in [0.3, 0.4) is 0 Å². The molecule has 0 atom stereocenters. The van der Waals surface area contributed by atoms with Crippen LogP contribution >= 0.6 is 11.3 Å². The fraction of sp³-hybridized carbons (Fsp3) is 0.706. The fourth-order valence-corrected chi connectivity index (χ4v) is 2.65. The number of alkyl carbamates (subject to hydrolysis) is 1. The van der Waals surface area contributed by atoms with Crippen LogP contribution in [0.1, 0.15) is 58.2 Å². The maximum absolute atomic E-state index is 11.6. The van der Waals surface area contributed by atoms with Crippen LogP contribution in [0.4, 0.5) is 4.79 Å². The molecule has 1 amide bonds. The summed E-state index contributed by atoms with van der Waals surface area (Å²) in [6.07, 6.45) is -0.417. The second kappa shape index (κ2) is 10.2. The molecule has 7 nitrogen and oxygen atoms in total. The van der Waals surface area contributed by atoms with Gasteiger partial charge in [-0.1, -0.05) is 13.8 Å². The molecule has 1 aromatic heterocycles. The minimum Gasteiger partial charge on any atom is -0.444 e. The van der Waals surface area contributed by atoms with E-state index in [0.29, 0.717) is 31.5 Å². The molecular formula is C17H31N5O2S. The summed E-state index contributed by atoms with van der Waals surface area (Å²) in [6.45, 7) is 14.1. The summed E-state index contributed by atoms with van der Waals surface area (Å²) < 4.78 is 5.19. The zero-order valence-corrected chi connectivity index (χ0v) is 16.9. The van der Waals surface area contributed by atoms with Gasteiger partial charge in [0.05, 0.1) is 17.2 Å². The molecule has 1 aromatic rings. The third kappa shape index (κ3) is 9.28. The van der Waals surface area contributed by atoms with Crippen molar-refractivity contribution >= 4 is 23.4 Å². The van der Waals surface area contributed by atoms with Gasteiger partial charge in [-0.2, -0.15) is 0 Å². The van der Waals surface area contributed by atoms with Gasteiger partial charge in [0.15, 0.2) is 5.96 Å². The molecule has 25 heavy (non-hydrogen) atoms. The van der Waals surface area contributed by atoms with Gasteiger partial charge in [-0.15, -0.1) is 11.3 Å². The first-order valence-corrected chi connectivity index (χ1v) is 9.52. The van der Waals surface area contributed by atoms with Crippen molar-refractivity contribution in [2.45, 2.75) is 59.6 Å². The number of nitrogens with one attached hydrogen (secondary N) is 3. The molecule has 1 rings (SSSR count). The van der Waals surface area contributed by atoms with E-state index in [1.165, 1.54) is 0 Å².